The number of likely N-dealkylation sites (N-methyl/N-ethyl adjacent to an activating group) is 1. The third-order valence-electron chi connectivity index (χ3n) is 2.90. The molecule has 1 fully saturated rings. The lowest BCUT2D eigenvalue weighted by molar-refractivity contribution is 0.0719. The predicted octanol–water partition coefficient (Wildman–Crippen LogP) is 0.443. The van der Waals surface area contributed by atoms with E-state index in [0.29, 0.717) is 18.2 Å². The number of nitrogens with zero attached hydrogens (tertiary/aromatic N) is 1. The number of hydrogen-bond acceptors (Lipinski definition) is 3. The van der Waals surface area contributed by atoms with Crippen molar-refractivity contribution in [3.05, 3.63) is 0 Å². The highest BCUT2D eigenvalue weighted by Gasteiger charge is 2.29. The molecule has 1 rings (SSSR count). The molecule has 3 heteroatoms. The van der Waals surface area contributed by atoms with E-state index in [2.05, 4.69) is 25.8 Å². The van der Waals surface area contributed by atoms with Crippen LogP contribution in [0.25, 0.3) is 0 Å². The molecule has 1 aliphatic rings. The molecular weight excluding hydrogens is 152 g/mol. The molecule has 12 heavy (non-hydrogen) atoms. The molecule has 0 spiro atoms. The smallest absolute Gasteiger partial charge is 0.0703 e. The van der Waals surface area contributed by atoms with Crippen LogP contribution in [0, 0.1) is 0 Å². The lowest BCUT2D eigenvalue weighted by Gasteiger charge is -2.31. The van der Waals surface area contributed by atoms with Gasteiger partial charge in [0.25, 0.3) is 0 Å². The highest BCUT2D eigenvalue weighted by molar-refractivity contribution is 4.83. The Balaban J connectivity index is 2.45. The van der Waals surface area contributed by atoms with Crippen LogP contribution < -0.4 is 5.73 Å². The summed E-state index contributed by atoms with van der Waals surface area (Å²) in [5.41, 5.74) is 5.60. The van der Waals surface area contributed by atoms with Gasteiger partial charge >= 0.3 is 0 Å². The van der Waals surface area contributed by atoms with Gasteiger partial charge in [0.1, 0.15) is 0 Å². The van der Waals surface area contributed by atoms with Crippen molar-refractivity contribution < 1.29 is 4.74 Å². The van der Waals surface area contributed by atoms with Crippen molar-refractivity contribution in [3.8, 4) is 0 Å². The summed E-state index contributed by atoms with van der Waals surface area (Å²) in [4.78, 5) is 2.33. The summed E-state index contributed by atoms with van der Waals surface area (Å²) in [6.07, 6.45) is 1.51. The fourth-order valence-corrected chi connectivity index (χ4v) is 1.75. The molecule has 0 aromatic rings. The summed E-state index contributed by atoms with van der Waals surface area (Å²) in [5.74, 6) is 0. The zero-order valence-corrected chi connectivity index (χ0v) is 8.29. The molecule has 3 atom stereocenters. The average Bonchev–Trinajstić information content (AvgIpc) is 2.48. The van der Waals surface area contributed by atoms with Crippen molar-refractivity contribution in [2.24, 2.45) is 5.73 Å². The minimum atomic E-state index is 0.365. The first-order chi connectivity index (χ1) is 5.66. The molecule has 1 heterocycles. The maximum atomic E-state index is 5.60. The van der Waals surface area contributed by atoms with E-state index in [0.717, 1.165) is 19.6 Å². The Kier molecular flexibility index (Phi) is 3.50. The van der Waals surface area contributed by atoms with Crippen LogP contribution >= 0.6 is 0 Å². The van der Waals surface area contributed by atoms with Crippen LogP contribution in [0.3, 0.4) is 0 Å². The second-order valence-corrected chi connectivity index (χ2v) is 3.68. The molecule has 1 aliphatic heterocycles. The number of nitrogens with two attached hydrogens (primary N) is 1. The lowest BCUT2D eigenvalue weighted by atomic mass is 10.1. The van der Waals surface area contributed by atoms with Crippen LogP contribution in [0.1, 0.15) is 20.3 Å². The molecule has 0 aliphatic carbocycles. The number of ether oxygens (including phenoxy) is 1. The molecule has 0 aromatic carbocycles. The fourth-order valence-electron chi connectivity index (χ4n) is 1.75. The van der Waals surface area contributed by atoms with Crippen LogP contribution in [0.15, 0.2) is 0 Å². The lowest BCUT2D eigenvalue weighted by Crippen LogP contribution is -2.45. The number of hydrogen-bond donors (Lipinski definition) is 1. The second-order valence-electron chi connectivity index (χ2n) is 3.68. The third kappa shape index (κ3) is 1.97. The maximum Gasteiger partial charge on any atom is 0.0703 e. The van der Waals surface area contributed by atoms with Gasteiger partial charge in [0.15, 0.2) is 0 Å². The number of rotatable bonds is 3. The van der Waals surface area contributed by atoms with Gasteiger partial charge in [0, 0.05) is 25.2 Å². The molecule has 1 saturated heterocycles. The van der Waals surface area contributed by atoms with E-state index >= 15 is 0 Å². The molecule has 2 N–H and O–H groups in total. The van der Waals surface area contributed by atoms with Gasteiger partial charge in [-0.25, -0.2) is 0 Å². The first kappa shape index (κ1) is 9.96. The first-order valence-electron chi connectivity index (χ1n) is 4.70. The van der Waals surface area contributed by atoms with E-state index in [-0.39, 0.29) is 0 Å². The van der Waals surface area contributed by atoms with Gasteiger partial charge in [-0.3, -0.25) is 4.90 Å². The Bertz CT molecular complexity index is 140. The zero-order chi connectivity index (χ0) is 9.14. The first-order valence-corrected chi connectivity index (χ1v) is 4.70. The standard InChI is InChI=1S/C9H20N2O/c1-7(6-10)11(3)9-4-5-12-8(9)2/h7-9H,4-6,10H2,1-3H3. The van der Waals surface area contributed by atoms with E-state index in [1.165, 1.54) is 0 Å². The third-order valence-corrected chi connectivity index (χ3v) is 2.90. The molecule has 72 valence electrons. The summed E-state index contributed by atoms with van der Waals surface area (Å²) in [6.45, 7) is 5.91. The molecule has 3 unspecified atom stereocenters. The van der Waals surface area contributed by atoms with Crippen molar-refractivity contribution in [2.75, 3.05) is 20.2 Å². The summed E-state index contributed by atoms with van der Waals surface area (Å²) in [7, 11) is 2.13. The Morgan fingerprint density at radius 2 is 2.33 bits per heavy atom. The molecule has 3 nitrogen and oxygen atoms in total. The summed E-state index contributed by atoms with van der Waals surface area (Å²) < 4.78 is 5.50. The highest BCUT2D eigenvalue weighted by Crippen LogP contribution is 2.19. The monoisotopic (exact) mass is 172 g/mol. The van der Waals surface area contributed by atoms with Gasteiger partial charge in [-0.1, -0.05) is 0 Å². The highest BCUT2D eigenvalue weighted by atomic mass is 16.5. The summed E-state index contributed by atoms with van der Waals surface area (Å²) in [5, 5.41) is 0. The largest absolute Gasteiger partial charge is 0.377 e. The van der Waals surface area contributed by atoms with Crippen LogP contribution in [-0.2, 0) is 4.74 Å². The maximum absolute atomic E-state index is 5.60. The van der Waals surface area contributed by atoms with Gasteiger partial charge in [-0.2, -0.15) is 0 Å². The Morgan fingerprint density at radius 1 is 1.67 bits per heavy atom. The van der Waals surface area contributed by atoms with Crippen LogP contribution in [0.2, 0.25) is 0 Å². The molecular formula is C9H20N2O. The van der Waals surface area contributed by atoms with E-state index in [1.807, 2.05) is 0 Å². The van der Waals surface area contributed by atoms with Crippen LogP contribution in [0.5, 0.6) is 0 Å². The van der Waals surface area contributed by atoms with Gasteiger partial charge in [-0.15, -0.1) is 0 Å². The van der Waals surface area contributed by atoms with Crippen LogP contribution in [0.4, 0.5) is 0 Å². The minimum Gasteiger partial charge on any atom is -0.377 e. The van der Waals surface area contributed by atoms with Crippen LogP contribution in [-0.4, -0.2) is 43.3 Å². The molecule has 0 radical (unpaired) electrons. The van der Waals surface area contributed by atoms with Crippen molar-refractivity contribution in [2.45, 2.75) is 38.5 Å². The molecule has 0 amide bonds. The van der Waals surface area contributed by atoms with Gasteiger partial charge in [0.2, 0.25) is 0 Å². The van der Waals surface area contributed by atoms with Crippen molar-refractivity contribution in [1.82, 2.24) is 4.90 Å². The Labute approximate surface area is 74.9 Å². The normalized spacial score (nSPS) is 32.8. The Hall–Kier alpha value is -0.120. The summed E-state index contributed by atoms with van der Waals surface area (Å²) >= 11 is 0. The zero-order valence-electron chi connectivity index (χ0n) is 8.29. The average molecular weight is 172 g/mol. The van der Waals surface area contributed by atoms with E-state index in [9.17, 15) is 0 Å². The van der Waals surface area contributed by atoms with E-state index in [1.54, 1.807) is 0 Å². The van der Waals surface area contributed by atoms with Gasteiger partial charge in [0.05, 0.1) is 6.10 Å². The quantitative estimate of drug-likeness (QED) is 0.671. The van der Waals surface area contributed by atoms with E-state index in [4.69, 9.17) is 10.5 Å². The van der Waals surface area contributed by atoms with Gasteiger partial charge in [-0.05, 0) is 27.3 Å². The predicted molar refractivity (Wildman–Crippen MR) is 50.1 cm³/mol. The molecule has 0 aromatic heterocycles. The van der Waals surface area contributed by atoms with Gasteiger partial charge < -0.3 is 10.5 Å². The van der Waals surface area contributed by atoms with Crippen molar-refractivity contribution in [3.63, 3.8) is 0 Å². The van der Waals surface area contributed by atoms with E-state index < -0.39 is 0 Å². The van der Waals surface area contributed by atoms with Crippen molar-refractivity contribution in [1.29, 1.82) is 0 Å². The summed E-state index contributed by atoms with van der Waals surface area (Å²) in [6, 6.07) is 1.02. The minimum absolute atomic E-state index is 0.365. The second kappa shape index (κ2) is 4.21. The SMILES string of the molecule is CC1OCCC1N(C)C(C)CN. The van der Waals surface area contributed by atoms with Crippen molar-refractivity contribution >= 4 is 0 Å². The molecule has 0 bridgehead atoms. The fraction of sp³-hybridized carbons (Fsp3) is 1.00. The molecule has 0 saturated carbocycles. The Morgan fingerprint density at radius 3 is 2.75 bits per heavy atom. The topological polar surface area (TPSA) is 38.5 Å².